The van der Waals surface area contributed by atoms with E-state index in [0.717, 1.165) is 5.56 Å². The van der Waals surface area contributed by atoms with Crippen molar-refractivity contribution in [2.75, 3.05) is 17.6 Å². The summed E-state index contributed by atoms with van der Waals surface area (Å²) in [7, 11) is 0. The van der Waals surface area contributed by atoms with Crippen LogP contribution >= 0.6 is 0 Å². The Labute approximate surface area is 178 Å². The molecule has 0 heterocycles. The maximum Gasteiger partial charge on any atom is 0.243 e. The van der Waals surface area contributed by atoms with E-state index < -0.39 is 5.91 Å². The third-order valence-electron chi connectivity index (χ3n) is 5.04. The molecule has 7 heteroatoms. The van der Waals surface area contributed by atoms with E-state index in [2.05, 4.69) is 10.6 Å². The molecule has 0 saturated carbocycles. The molecule has 3 aromatic carbocycles. The molecule has 3 aromatic rings. The summed E-state index contributed by atoms with van der Waals surface area (Å²) in [5.74, 6) is -1.58. The number of anilines is 2. The first-order valence-electron chi connectivity index (χ1n) is 9.67. The molecule has 2 amide bonds. The van der Waals surface area contributed by atoms with E-state index in [1.807, 2.05) is 30.3 Å². The van der Waals surface area contributed by atoms with Crippen molar-refractivity contribution in [3.63, 3.8) is 0 Å². The zero-order chi connectivity index (χ0) is 22.0. The summed E-state index contributed by atoms with van der Waals surface area (Å²) in [5, 5.41) is 5.17. The van der Waals surface area contributed by atoms with Gasteiger partial charge >= 0.3 is 0 Å². The zero-order valence-electron chi connectivity index (χ0n) is 16.5. The number of fused-ring (bicyclic) bond motifs is 2. The molecule has 31 heavy (non-hydrogen) atoms. The van der Waals surface area contributed by atoms with Gasteiger partial charge in [0.25, 0.3) is 0 Å². The van der Waals surface area contributed by atoms with Crippen LogP contribution in [0.5, 0.6) is 0 Å². The van der Waals surface area contributed by atoms with Crippen molar-refractivity contribution >= 4 is 34.8 Å². The Hall–Kier alpha value is -4.26. The monoisotopic (exact) mass is 413 g/mol. The lowest BCUT2D eigenvalue weighted by Gasteiger charge is -2.21. The lowest BCUT2D eigenvalue weighted by molar-refractivity contribution is -0.123. The molecule has 0 aliphatic heterocycles. The predicted molar refractivity (Wildman–Crippen MR) is 116 cm³/mol. The van der Waals surface area contributed by atoms with Crippen molar-refractivity contribution in [2.24, 2.45) is 0 Å². The normalized spacial score (nSPS) is 12.0. The summed E-state index contributed by atoms with van der Waals surface area (Å²) in [5.41, 5.74) is 7.84. The third-order valence-corrected chi connectivity index (χ3v) is 5.04. The van der Waals surface area contributed by atoms with Crippen LogP contribution in [0.25, 0.3) is 0 Å². The highest BCUT2D eigenvalue weighted by molar-refractivity contribution is 6.32. The van der Waals surface area contributed by atoms with Gasteiger partial charge in [0.15, 0.2) is 11.6 Å². The second-order valence-corrected chi connectivity index (χ2v) is 7.14. The number of nitrogens with two attached hydrogens (primary N) is 1. The first-order chi connectivity index (χ1) is 15.0. The molecule has 4 rings (SSSR count). The number of hydrogen-bond donors (Lipinski definition) is 3. The maximum absolute atomic E-state index is 13.0. The Morgan fingerprint density at radius 1 is 0.742 bits per heavy atom. The van der Waals surface area contributed by atoms with Crippen molar-refractivity contribution in [3.8, 4) is 0 Å². The van der Waals surface area contributed by atoms with Crippen molar-refractivity contribution in [1.82, 2.24) is 5.32 Å². The molecule has 0 spiro atoms. The average Bonchev–Trinajstić information content (AvgIpc) is 2.78. The molecule has 0 unspecified atom stereocenters. The minimum Gasteiger partial charge on any atom is -0.398 e. The molecule has 1 aliphatic rings. The van der Waals surface area contributed by atoms with Gasteiger partial charge in [0, 0.05) is 16.8 Å². The minimum atomic E-state index is -0.521. The van der Waals surface area contributed by atoms with E-state index in [9.17, 15) is 19.2 Å². The van der Waals surface area contributed by atoms with Crippen LogP contribution in [-0.2, 0) is 16.0 Å². The van der Waals surface area contributed by atoms with E-state index in [1.165, 1.54) is 12.1 Å². The molecule has 0 saturated heterocycles. The SMILES string of the molecule is Nc1ccc(NC(=O)CNC(=O)Cc2ccccc2)c2c1C(=O)c1ccccc1C2=O. The molecule has 0 fully saturated rings. The minimum absolute atomic E-state index is 0.0627. The number of hydrogen-bond acceptors (Lipinski definition) is 5. The van der Waals surface area contributed by atoms with Gasteiger partial charge < -0.3 is 16.4 Å². The van der Waals surface area contributed by atoms with E-state index in [-0.39, 0.29) is 64.1 Å². The number of rotatable bonds is 5. The van der Waals surface area contributed by atoms with Crippen molar-refractivity contribution in [2.45, 2.75) is 6.42 Å². The van der Waals surface area contributed by atoms with Crippen LogP contribution in [0.3, 0.4) is 0 Å². The molecule has 0 bridgehead atoms. The molecule has 154 valence electrons. The average molecular weight is 413 g/mol. The Bertz CT molecular complexity index is 1220. The van der Waals surface area contributed by atoms with Crippen molar-refractivity contribution < 1.29 is 19.2 Å². The van der Waals surface area contributed by atoms with Crippen LogP contribution in [0, 0.1) is 0 Å². The number of nitrogens with one attached hydrogen (secondary N) is 2. The van der Waals surface area contributed by atoms with E-state index >= 15 is 0 Å². The van der Waals surface area contributed by atoms with Crippen LogP contribution in [0.1, 0.15) is 37.4 Å². The fraction of sp³-hybridized carbons (Fsp3) is 0.0833. The molecule has 0 radical (unpaired) electrons. The molecule has 0 atom stereocenters. The number of carbonyl (C=O) groups is 4. The Morgan fingerprint density at radius 3 is 2.03 bits per heavy atom. The standard InChI is InChI=1S/C24H19N3O4/c25-17-10-11-18(22-21(17)23(30)15-8-4-5-9-16(15)24(22)31)27-20(29)13-26-19(28)12-14-6-2-1-3-7-14/h1-11H,12-13,25H2,(H,26,28)(H,27,29). The summed E-state index contributed by atoms with van der Waals surface area (Å²) in [4.78, 5) is 50.4. The first-order valence-corrected chi connectivity index (χ1v) is 9.67. The van der Waals surface area contributed by atoms with Gasteiger partial charge in [-0.2, -0.15) is 0 Å². The third kappa shape index (κ3) is 3.93. The largest absolute Gasteiger partial charge is 0.398 e. The summed E-state index contributed by atoms with van der Waals surface area (Å²) in [6.45, 7) is -0.274. The topological polar surface area (TPSA) is 118 Å². The van der Waals surface area contributed by atoms with E-state index in [4.69, 9.17) is 5.73 Å². The maximum atomic E-state index is 13.0. The highest BCUT2D eigenvalue weighted by atomic mass is 16.2. The molecular weight excluding hydrogens is 394 g/mol. The summed E-state index contributed by atoms with van der Waals surface area (Å²) in [6.07, 6.45) is 0.148. The van der Waals surface area contributed by atoms with E-state index in [0.29, 0.717) is 0 Å². The number of carbonyl (C=O) groups excluding carboxylic acids is 4. The van der Waals surface area contributed by atoms with Crippen LogP contribution in [0.4, 0.5) is 11.4 Å². The van der Waals surface area contributed by atoms with Gasteiger partial charge in [-0.1, -0.05) is 54.6 Å². The fourth-order valence-electron chi connectivity index (χ4n) is 3.57. The van der Waals surface area contributed by atoms with E-state index in [1.54, 1.807) is 24.3 Å². The fourth-order valence-corrected chi connectivity index (χ4v) is 3.57. The molecule has 7 nitrogen and oxygen atoms in total. The highest BCUT2D eigenvalue weighted by Crippen LogP contribution is 2.35. The quantitative estimate of drug-likeness (QED) is 0.434. The van der Waals surface area contributed by atoms with Gasteiger partial charge in [0.1, 0.15) is 0 Å². The zero-order valence-corrected chi connectivity index (χ0v) is 16.5. The highest BCUT2D eigenvalue weighted by Gasteiger charge is 2.33. The molecular formula is C24H19N3O4. The second kappa shape index (κ2) is 8.23. The van der Waals surface area contributed by atoms with Crippen LogP contribution in [0.2, 0.25) is 0 Å². The molecule has 0 aromatic heterocycles. The van der Waals surface area contributed by atoms with Crippen LogP contribution < -0.4 is 16.4 Å². The van der Waals surface area contributed by atoms with Crippen LogP contribution in [0.15, 0.2) is 66.7 Å². The summed E-state index contributed by atoms with van der Waals surface area (Å²) < 4.78 is 0. The lowest BCUT2D eigenvalue weighted by atomic mass is 9.82. The first kappa shape index (κ1) is 20.0. The van der Waals surface area contributed by atoms with Gasteiger partial charge in [-0.15, -0.1) is 0 Å². The van der Waals surface area contributed by atoms with Gasteiger partial charge in [-0.3, -0.25) is 19.2 Å². The number of nitrogen functional groups attached to an aromatic ring is 1. The molecule has 1 aliphatic carbocycles. The smallest absolute Gasteiger partial charge is 0.243 e. The van der Waals surface area contributed by atoms with Gasteiger partial charge in [-0.05, 0) is 17.7 Å². The Balaban J connectivity index is 1.51. The second-order valence-electron chi connectivity index (χ2n) is 7.14. The predicted octanol–water partition coefficient (Wildman–Crippen LogP) is 2.34. The lowest BCUT2D eigenvalue weighted by Crippen LogP contribution is -2.34. The summed E-state index contributed by atoms with van der Waals surface area (Å²) >= 11 is 0. The number of benzene rings is 3. The van der Waals surface area contributed by atoms with Gasteiger partial charge in [0.2, 0.25) is 11.8 Å². The number of amides is 2. The van der Waals surface area contributed by atoms with Crippen molar-refractivity contribution in [3.05, 3.63) is 94.5 Å². The van der Waals surface area contributed by atoms with Gasteiger partial charge in [-0.25, -0.2) is 0 Å². The summed E-state index contributed by atoms with van der Waals surface area (Å²) in [6, 6.07) is 18.6. The van der Waals surface area contributed by atoms with Gasteiger partial charge in [0.05, 0.1) is 29.8 Å². The van der Waals surface area contributed by atoms with Crippen molar-refractivity contribution in [1.29, 1.82) is 0 Å². The number of ketones is 2. The Morgan fingerprint density at radius 2 is 1.35 bits per heavy atom. The Kier molecular flexibility index (Phi) is 5.32. The van der Waals surface area contributed by atoms with Crippen LogP contribution in [-0.4, -0.2) is 29.9 Å². The molecule has 4 N–H and O–H groups in total.